The first-order valence-electron chi connectivity index (χ1n) is 4.05. The minimum atomic E-state index is -3.88. The maximum Gasteiger partial charge on any atom is 0.264 e. The molecule has 1 fully saturated rings. The molecule has 5 nitrogen and oxygen atoms in total. The largest absolute Gasteiger partial charge is 0.348 e. The highest BCUT2D eigenvalue weighted by atomic mass is 32.2. The minimum absolute atomic E-state index is 0.239. The molecule has 6 heteroatoms. The van der Waals surface area contributed by atoms with Gasteiger partial charge < -0.3 is 9.47 Å². The van der Waals surface area contributed by atoms with Gasteiger partial charge in [-0.2, -0.15) is 8.42 Å². The van der Waals surface area contributed by atoms with Crippen molar-refractivity contribution in [2.45, 2.75) is 32.2 Å². The Hall–Kier alpha value is -0.170. The lowest BCUT2D eigenvalue weighted by Gasteiger charge is -2.16. The summed E-state index contributed by atoms with van der Waals surface area (Å²) < 4.78 is 39.9. The van der Waals surface area contributed by atoms with Gasteiger partial charge in [-0.05, 0) is 20.3 Å². The highest BCUT2D eigenvalue weighted by Gasteiger charge is 2.32. The molecule has 13 heavy (non-hydrogen) atoms. The summed E-state index contributed by atoms with van der Waals surface area (Å²) in [6.07, 6.45) is 0.0272. The van der Waals surface area contributed by atoms with Crippen LogP contribution in [0.3, 0.4) is 0 Å². The molecule has 0 amide bonds. The zero-order valence-corrected chi connectivity index (χ0v) is 8.50. The maximum atomic E-state index is 10.4. The van der Waals surface area contributed by atoms with Crippen molar-refractivity contribution in [3.05, 3.63) is 0 Å². The topological polar surface area (TPSA) is 72.8 Å². The second-order valence-electron chi connectivity index (χ2n) is 3.53. The molecule has 1 atom stereocenters. The third-order valence-corrected chi connectivity index (χ3v) is 2.52. The summed E-state index contributed by atoms with van der Waals surface area (Å²) in [6.45, 7) is 3.91. The molecule has 1 unspecified atom stereocenters. The number of ether oxygens (including phenoxy) is 2. The van der Waals surface area contributed by atoms with Gasteiger partial charge in [-0.1, -0.05) is 0 Å². The van der Waals surface area contributed by atoms with E-state index in [1.54, 1.807) is 13.8 Å². The van der Waals surface area contributed by atoms with E-state index in [0.29, 0.717) is 6.61 Å². The van der Waals surface area contributed by atoms with Crippen LogP contribution < -0.4 is 0 Å². The molecule has 0 aromatic carbocycles. The fraction of sp³-hybridized carbons (Fsp3) is 1.00. The fourth-order valence-corrected chi connectivity index (χ4v) is 1.75. The zero-order valence-electron chi connectivity index (χ0n) is 7.69. The van der Waals surface area contributed by atoms with Gasteiger partial charge in [-0.25, -0.2) is 0 Å². The van der Waals surface area contributed by atoms with E-state index in [2.05, 4.69) is 0 Å². The van der Waals surface area contributed by atoms with Crippen LogP contribution >= 0.6 is 0 Å². The summed E-state index contributed by atoms with van der Waals surface area (Å²) in [6, 6.07) is 0. The summed E-state index contributed by atoms with van der Waals surface area (Å²) in [7, 11) is -3.88. The molecule has 1 aliphatic heterocycles. The van der Waals surface area contributed by atoms with Gasteiger partial charge in [0.2, 0.25) is 0 Å². The third-order valence-electron chi connectivity index (χ3n) is 1.77. The van der Waals surface area contributed by atoms with Crippen molar-refractivity contribution in [3.8, 4) is 0 Å². The Morgan fingerprint density at radius 1 is 1.54 bits per heavy atom. The van der Waals surface area contributed by atoms with Crippen LogP contribution in [0, 0.1) is 0 Å². The molecule has 0 radical (unpaired) electrons. The molecule has 1 rings (SSSR count). The molecule has 0 spiro atoms. The second-order valence-corrected chi connectivity index (χ2v) is 5.10. The van der Waals surface area contributed by atoms with E-state index in [4.69, 9.17) is 14.0 Å². The quantitative estimate of drug-likeness (QED) is 0.683. The molecule has 0 saturated carbocycles. The van der Waals surface area contributed by atoms with Gasteiger partial charge in [0.1, 0.15) is 0 Å². The molecule has 0 aromatic heterocycles. The lowest BCUT2D eigenvalue weighted by atomic mass is 10.3. The second kappa shape index (κ2) is 3.53. The maximum absolute atomic E-state index is 10.4. The van der Waals surface area contributed by atoms with Crippen molar-refractivity contribution in [2.24, 2.45) is 0 Å². The van der Waals surface area contributed by atoms with Crippen LogP contribution in [0.2, 0.25) is 0 Å². The lowest BCUT2D eigenvalue weighted by Crippen LogP contribution is -2.22. The SMILES string of the molecule is CC1(C)OCC(CCS(=O)(=O)O)O1. The first-order valence-corrected chi connectivity index (χ1v) is 5.66. The van der Waals surface area contributed by atoms with Gasteiger partial charge in [0.15, 0.2) is 5.79 Å². The summed E-state index contributed by atoms with van der Waals surface area (Å²) in [5, 5.41) is 0. The molecular weight excluding hydrogens is 196 g/mol. The van der Waals surface area contributed by atoms with Gasteiger partial charge in [-0.3, -0.25) is 4.55 Å². The molecule has 1 heterocycles. The smallest absolute Gasteiger partial charge is 0.264 e. The normalized spacial score (nSPS) is 27.8. The summed E-state index contributed by atoms with van der Waals surface area (Å²) in [4.78, 5) is 0. The van der Waals surface area contributed by atoms with E-state index in [-0.39, 0.29) is 18.3 Å². The van der Waals surface area contributed by atoms with E-state index in [1.165, 1.54) is 0 Å². The molecular formula is C7H14O5S. The van der Waals surface area contributed by atoms with Crippen molar-refractivity contribution in [3.63, 3.8) is 0 Å². The summed E-state index contributed by atoms with van der Waals surface area (Å²) in [5.41, 5.74) is 0. The standard InChI is InChI=1S/C7H14O5S/c1-7(2)11-5-6(12-7)3-4-13(8,9)10/h6H,3-5H2,1-2H3,(H,8,9,10). The monoisotopic (exact) mass is 210 g/mol. The van der Waals surface area contributed by atoms with Gasteiger partial charge in [0.05, 0.1) is 18.5 Å². The summed E-state index contributed by atoms with van der Waals surface area (Å²) >= 11 is 0. The van der Waals surface area contributed by atoms with Crippen LogP contribution in [-0.2, 0) is 19.6 Å². The van der Waals surface area contributed by atoms with Crippen LogP contribution in [0.1, 0.15) is 20.3 Å². The highest BCUT2D eigenvalue weighted by molar-refractivity contribution is 7.85. The van der Waals surface area contributed by atoms with Gasteiger partial charge in [0.25, 0.3) is 10.1 Å². The van der Waals surface area contributed by atoms with E-state index < -0.39 is 15.9 Å². The molecule has 1 aliphatic rings. The van der Waals surface area contributed by atoms with Gasteiger partial charge >= 0.3 is 0 Å². The molecule has 0 aliphatic carbocycles. The predicted octanol–water partition coefficient (Wildman–Crippen LogP) is 0.416. The van der Waals surface area contributed by atoms with Crippen LogP contribution in [0.5, 0.6) is 0 Å². The third kappa shape index (κ3) is 4.04. The predicted molar refractivity (Wildman–Crippen MR) is 45.9 cm³/mol. The fourth-order valence-electron chi connectivity index (χ4n) is 1.19. The molecule has 78 valence electrons. The van der Waals surface area contributed by atoms with Crippen LogP contribution in [0.15, 0.2) is 0 Å². The van der Waals surface area contributed by atoms with Crippen molar-refractivity contribution >= 4 is 10.1 Å². The van der Waals surface area contributed by atoms with Gasteiger partial charge in [-0.15, -0.1) is 0 Å². The van der Waals surface area contributed by atoms with Gasteiger partial charge in [0, 0.05) is 0 Å². The van der Waals surface area contributed by atoms with E-state index >= 15 is 0 Å². The molecule has 1 N–H and O–H groups in total. The van der Waals surface area contributed by atoms with E-state index in [1.807, 2.05) is 0 Å². The van der Waals surface area contributed by atoms with E-state index in [0.717, 1.165) is 0 Å². The average Bonchev–Trinajstić information content (AvgIpc) is 2.24. The molecule has 0 aromatic rings. The Bertz CT molecular complexity index is 269. The van der Waals surface area contributed by atoms with Crippen LogP contribution in [0.25, 0.3) is 0 Å². The average molecular weight is 210 g/mol. The zero-order chi connectivity index (χ0) is 10.1. The van der Waals surface area contributed by atoms with Crippen LogP contribution in [0.4, 0.5) is 0 Å². The Labute approximate surface area is 77.8 Å². The minimum Gasteiger partial charge on any atom is -0.348 e. The van der Waals surface area contributed by atoms with Crippen molar-refractivity contribution in [1.29, 1.82) is 0 Å². The Morgan fingerprint density at radius 3 is 2.54 bits per heavy atom. The Morgan fingerprint density at radius 2 is 2.15 bits per heavy atom. The first kappa shape index (κ1) is 10.9. The first-order chi connectivity index (χ1) is 5.79. The number of hydrogen-bond donors (Lipinski definition) is 1. The lowest BCUT2D eigenvalue weighted by molar-refractivity contribution is -0.138. The van der Waals surface area contributed by atoms with Crippen molar-refractivity contribution in [1.82, 2.24) is 0 Å². The van der Waals surface area contributed by atoms with E-state index in [9.17, 15) is 8.42 Å². The molecule has 1 saturated heterocycles. The Balaban J connectivity index is 2.34. The number of hydrogen-bond acceptors (Lipinski definition) is 4. The number of rotatable bonds is 3. The summed E-state index contributed by atoms with van der Waals surface area (Å²) in [5.74, 6) is -0.916. The Kier molecular flexibility index (Phi) is 2.96. The van der Waals surface area contributed by atoms with Crippen LogP contribution in [-0.4, -0.2) is 37.2 Å². The molecule has 0 bridgehead atoms. The van der Waals surface area contributed by atoms with Crippen molar-refractivity contribution in [2.75, 3.05) is 12.4 Å². The van der Waals surface area contributed by atoms with Crippen molar-refractivity contribution < 1.29 is 22.4 Å². The highest BCUT2D eigenvalue weighted by Crippen LogP contribution is 2.24.